The summed E-state index contributed by atoms with van der Waals surface area (Å²) in [5, 5.41) is 10.8. The lowest BCUT2D eigenvalue weighted by atomic mass is 10.0. The zero-order valence-corrected chi connectivity index (χ0v) is 18.6. The smallest absolute Gasteiger partial charge is 0.326 e. The van der Waals surface area contributed by atoms with E-state index in [0.717, 1.165) is 0 Å². The normalized spacial score (nSPS) is 17.8. The lowest BCUT2D eigenvalue weighted by Crippen LogP contribution is -2.52. The molecule has 1 saturated heterocycles. The van der Waals surface area contributed by atoms with E-state index in [1.807, 2.05) is 0 Å². The predicted molar refractivity (Wildman–Crippen MR) is 112 cm³/mol. The number of hydrogen-bond donors (Lipinski definition) is 3. The summed E-state index contributed by atoms with van der Waals surface area (Å²) in [7, 11) is 0. The van der Waals surface area contributed by atoms with Crippen LogP contribution in [-0.4, -0.2) is 57.5 Å². The number of nitrogens with zero attached hydrogens (tertiary/aromatic N) is 1. The van der Waals surface area contributed by atoms with Crippen LogP contribution in [0.25, 0.3) is 0 Å². The van der Waals surface area contributed by atoms with Crippen molar-refractivity contribution in [1.29, 1.82) is 0 Å². The second-order valence-corrected chi connectivity index (χ2v) is 8.59. The number of carbonyl (C=O) groups excluding carboxylic acids is 2. The Labute approximate surface area is 188 Å². The summed E-state index contributed by atoms with van der Waals surface area (Å²) in [6, 6.07) is -0.845. The van der Waals surface area contributed by atoms with Gasteiger partial charge in [-0.2, -0.15) is 0 Å². The summed E-state index contributed by atoms with van der Waals surface area (Å²) in [5.74, 6) is -5.58. The molecule has 2 amide bonds. The van der Waals surface area contributed by atoms with E-state index >= 15 is 0 Å². The van der Waals surface area contributed by atoms with Crippen molar-refractivity contribution >= 4 is 42.0 Å². The SMILES string of the molecule is CC(C)C(NC(=O)C1SCCN1C(=O)C[C@H](N)Cc1cc(F)c(F)cc1F)C(=O)O.Cl. The minimum atomic E-state index is -1.31. The van der Waals surface area contributed by atoms with Gasteiger partial charge in [0, 0.05) is 30.8 Å². The van der Waals surface area contributed by atoms with E-state index in [9.17, 15) is 32.7 Å². The van der Waals surface area contributed by atoms with Gasteiger partial charge < -0.3 is 21.1 Å². The predicted octanol–water partition coefficient (Wildman–Crippen LogP) is 1.91. The van der Waals surface area contributed by atoms with Crippen LogP contribution in [0.15, 0.2) is 12.1 Å². The number of carboxylic acids is 1. The Morgan fingerprint density at radius 1 is 1.23 bits per heavy atom. The van der Waals surface area contributed by atoms with Gasteiger partial charge in [-0.25, -0.2) is 18.0 Å². The molecular weight excluding hydrogens is 459 g/mol. The van der Waals surface area contributed by atoms with Crippen molar-refractivity contribution in [3.8, 4) is 0 Å². The fourth-order valence-corrected chi connectivity index (χ4v) is 4.24. The van der Waals surface area contributed by atoms with Crippen LogP contribution in [0.2, 0.25) is 0 Å². The molecule has 4 N–H and O–H groups in total. The molecule has 1 aromatic carbocycles. The zero-order chi connectivity index (χ0) is 22.6. The number of benzene rings is 1. The molecule has 31 heavy (non-hydrogen) atoms. The molecule has 1 heterocycles. The zero-order valence-electron chi connectivity index (χ0n) is 16.9. The molecule has 0 aliphatic carbocycles. The van der Waals surface area contributed by atoms with E-state index in [4.69, 9.17) is 5.73 Å². The molecule has 0 aromatic heterocycles. The third-order valence-corrected chi connectivity index (χ3v) is 5.88. The third kappa shape index (κ3) is 7.01. The lowest BCUT2D eigenvalue weighted by molar-refractivity contribution is -0.144. The number of amides is 2. The van der Waals surface area contributed by atoms with Crippen LogP contribution in [-0.2, 0) is 20.8 Å². The molecule has 3 atom stereocenters. The van der Waals surface area contributed by atoms with Crippen molar-refractivity contribution in [2.45, 2.75) is 44.1 Å². The maximum atomic E-state index is 13.8. The second kappa shape index (κ2) is 11.6. The third-order valence-electron chi connectivity index (χ3n) is 4.67. The number of rotatable bonds is 8. The van der Waals surface area contributed by atoms with Crippen LogP contribution < -0.4 is 11.1 Å². The Bertz CT molecular complexity index is 831. The topological polar surface area (TPSA) is 113 Å². The Morgan fingerprint density at radius 3 is 2.42 bits per heavy atom. The van der Waals surface area contributed by atoms with Crippen LogP contribution in [0.5, 0.6) is 0 Å². The van der Waals surface area contributed by atoms with Gasteiger partial charge in [0.15, 0.2) is 17.0 Å². The molecule has 1 fully saturated rings. The largest absolute Gasteiger partial charge is 0.480 e. The van der Waals surface area contributed by atoms with Crippen molar-refractivity contribution in [1.82, 2.24) is 10.2 Å². The second-order valence-electron chi connectivity index (χ2n) is 7.40. The molecule has 2 unspecified atom stereocenters. The van der Waals surface area contributed by atoms with Gasteiger partial charge in [0.1, 0.15) is 11.9 Å². The molecule has 174 valence electrons. The molecule has 1 aliphatic rings. The molecule has 7 nitrogen and oxygen atoms in total. The first-order valence-corrected chi connectivity index (χ1v) is 10.4. The monoisotopic (exact) mass is 483 g/mol. The number of carboxylic acid groups (broad SMARTS) is 1. The number of nitrogens with one attached hydrogen (secondary N) is 1. The highest BCUT2D eigenvalue weighted by Gasteiger charge is 2.37. The highest BCUT2D eigenvalue weighted by atomic mass is 35.5. The maximum absolute atomic E-state index is 13.8. The molecule has 2 rings (SSSR count). The highest BCUT2D eigenvalue weighted by Crippen LogP contribution is 2.26. The van der Waals surface area contributed by atoms with Crippen molar-refractivity contribution < 1.29 is 32.7 Å². The summed E-state index contributed by atoms with van der Waals surface area (Å²) in [5.41, 5.74) is 5.75. The van der Waals surface area contributed by atoms with E-state index in [2.05, 4.69) is 5.32 Å². The number of aliphatic carboxylic acids is 1. The summed E-state index contributed by atoms with van der Waals surface area (Å²) < 4.78 is 40.2. The first-order valence-electron chi connectivity index (χ1n) is 9.34. The summed E-state index contributed by atoms with van der Waals surface area (Å²) >= 11 is 1.20. The van der Waals surface area contributed by atoms with Crippen molar-refractivity contribution in [3.63, 3.8) is 0 Å². The van der Waals surface area contributed by atoms with Gasteiger partial charge in [0.25, 0.3) is 5.91 Å². The van der Waals surface area contributed by atoms with E-state index in [0.29, 0.717) is 17.9 Å². The highest BCUT2D eigenvalue weighted by molar-refractivity contribution is 8.00. The van der Waals surface area contributed by atoms with Crippen LogP contribution in [0.3, 0.4) is 0 Å². The minimum absolute atomic E-state index is 0. The average Bonchev–Trinajstić information content (AvgIpc) is 3.13. The van der Waals surface area contributed by atoms with E-state index in [1.54, 1.807) is 13.8 Å². The molecule has 1 aliphatic heterocycles. The Hall–Kier alpha value is -1.98. The molecule has 1 aromatic rings. The lowest BCUT2D eigenvalue weighted by Gasteiger charge is -2.26. The quantitative estimate of drug-likeness (QED) is 0.487. The number of carbonyl (C=O) groups is 3. The van der Waals surface area contributed by atoms with Gasteiger partial charge in [-0.1, -0.05) is 13.8 Å². The molecular formula is C19H25ClF3N3O4S. The Morgan fingerprint density at radius 2 is 1.84 bits per heavy atom. The number of halogens is 4. The molecule has 0 bridgehead atoms. The van der Waals surface area contributed by atoms with Gasteiger partial charge in [0.05, 0.1) is 0 Å². The summed E-state index contributed by atoms with van der Waals surface area (Å²) in [6.45, 7) is 3.58. The number of nitrogens with two attached hydrogens (primary N) is 1. The van der Waals surface area contributed by atoms with Crippen LogP contribution in [0.4, 0.5) is 13.2 Å². The molecule has 0 spiro atoms. The van der Waals surface area contributed by atoms with E-state index < -0.39 is 52.7 Å². The van der Waals surface area contributed by atoms with Crippen molar-refractivity contribution in [2.75, 3.05) is 12.3 Å². The Balaban J connectivity index is 0.00000480. The van der Waals surface area contributed by atoms with Crippen molar-refractivity contribution in [2.24, 2.45) is 11.7 Å². The van der Waals surface area contributed by atoms with Gasteiger partial charge in [-0.3, -0.25) is 9.59 Å². The fraction of sp³-hybridized carbons (Fsp3) is 0.526. The fourth-order valence-electron chi connectivity index (χ4n) is 3.10. The van der Waals surface area contributed by atoms with E-state index in [-0.39, 0.29) is 43.3 Å². The van der Waals surface area contributed by atoms with Gasteiger partial charge in [-0.15, -0.1) is 24.2 Å². The minimum Gasteiger partial charge on any atom is -0.480 e. The molecule has 0 saturated carbocycles. The number of thioether (sulfide) groups is 1. The molecule has 12 heteroatoms. The number of hydrogen-bond acceptors (Lipinski definition) is 5. The van der Waals surface area contributed by atoms with Crippen LogP contribution in [0, 0.1) is 23.4 Å². The standard InChI is InChI=1S/C19H24F3N3O4S.ClH/c1-9(2)16(19(28)29)24-17(27)18-25(3-4-30-18)15(26)7-11(23)5-10-6-13(21)14(22)8-12(10)20;/h6,8-9,11,16,18H,3-5,7,23H2,1-2H3,(H,24,27)(H,28,29);1H/t11-,16?,18?;/m1./s1. The van der Waals surface area contributed by atoms with Gasteiger partial charge in [-0.05, 0) is 24.0 Å². The summed E-state index contributed by atoms with van der Waals surface area (Å²) in [4.78, 5) is 37.7. The Kier molecular flexibility index (Phi) is 10.1. The van der Waals surface area contributed by atoms with Crippen LogP contribution in [0.1, 0.15) is 25.8 Å². The van der Waals surface area contributed by atoms with E-state index in [1.165, 1.54) is 16.7 Å². The van der Waals surface area contributed by atoms with Crippen LogP contribution >= 0.6 is 24.2 Å². The van der Waals surface area contributed by atoms with Gasteiger partial charge in [0.2, 0.25) is 5.91 Å². The average molecular weight is 484 g/mol. The van der Waals surface area contributed by atoms with Gasteiger partial charge >= 0.3 is 5.97 Å². The first-order chi connectivity index (χ1) is 14.0. The maximum Gasteiger partial charge on any atom is 0.326 e. The summed E-state index contributed by atoms with van der Waals surface area (Å²) in [6.07, 6.45) is -0.434. The van der Waals surface area contributed by atoms with Crippen molar-refractivity contribution in [3.05, 3.63) is 35.1 Å². The first kappa shape index (κ1) is 27.1. The molecule has 0 radical (unpaired) electrons.